The van der Waals surface area contributed by atoms with Gasteiger partial charge in [-0.2, -0.15) is 0 Å². The van der Waals surface area contributed by atoms with Crippen molar-refractivity contribution < 1.29 is 14.3 Å². The topological polar surface area (TPSA) is 72.1 Å². The first-order chi connectivity index (χ1) is 13.5. The van der Waals surface area contributed by atoms with Crippen molar-refractivity contribution in [2.45, 2.75) is 30.9 Å². The number of piperidine rings is 1. The summed E-state index contributed by atoms with van der Waals surface area (Å²) >= 11 is 0. The Balaban J connectivity index is 1.26. The molecule has 0 saturated carbocycles. The number of ether oxygens (including phenoxy) is 1. The van der Waals surface area contributed by atoms with Crippen LogP contribution in [0.5, 0.6) is 0 Å². The number of nitrogens with zero attached hydrogens (tertiary/aromatic N) is 4. The number of aromatic amines is 1. The fraction of sp³-hybridized carbons (Fsp3) is 0.700. The lowest BCUT2D eigenvalue weighted by atomic mass is 9.91. The van der Waals surface area contributed by atoms with Crippen molar-refractivity contribution in [3.8, 4) is 0 Å². The van der Waals surface area contributed by atoms with Crippen LogP contribution < -0.4 is 0 Å². The molecule has 2 amide bonds. The van der Waals surface area contributed by atoms with Crippen molar-refractivity contribution in [2.75, 3.05) is 59.9 Å². The Kier molecular flexibility index (Phi) is 5.33. The molecule has 4 rings (SSSR count). The summed E-state index contributed by atoms with van der Waals surface area (Å²) in [6, 6.07) is 4.23. The van der Waals surface area contributed by atoms with E-state index in [1.807, 2.05) is 15.9 Å². The lowest BCUT2D eigenvalue weighted by Gasteiger charge is -2.37. The van der Waals surface area contributed by atoms with Crippen molar-refractivity contribution in [3.63, 3.8) is 0 Å². The van der Waals surface area contributed by atoms with E-state index in [1.165, 1.54) is 6.42 Å². The van der Waals surface area contributed by atoms with E-state index >= 15 is 0 Å². The highest BCUT2D eigenvalue weighted by Crippen LogP contribution is 2.33. The molecule has 0 unspecified atom stereocenters. The Hall–Kier alpha value is -2.06. The van der Waals surface area contributed by atoms with E-state index in [0.29, 0.717) is 50.8 Å². The van der Waals surface area contributed by atoms with Crippen molar-refractivity contribution >= 4 is 12.0 Å². The zero-order chi connectivity index (χ0) is 19.7. The molecule has 3 saturated heterocycles. The van der Waals surface area contributed by atoms with Crippen molar-refractivity contribution in [1.29, 1.82) is 0 Å². The first kappa shape index (κ1) is 19.3. The minimum absolute atomic E-state index is 0.0190. The number of rotatable bonds is 5. The monoisotopic (exact) mass is 389 g/mol. The van der Waals surface area contributed by atoms with Crippen LogP contribution in [0.4, 0.5) is 4.79 Å². The van der Waals surface area contributed by atoms with Crippen LogP contribution in [0.15, 0.2) is 18.3 Å². The summed E-state index contributed by atoms with van der Waals surface area (Å²) < 4.78 is 5.81. The van der Waals surface area contributed by atoms with Gasteiger partial charge >= 0.3 is 6.09 Å². The molecule has 3 fully saturated rings. The average molecular weight is 390 g/mol. The van der Waals surface area contributed by atoms with Crippen LogP contribution in [0, 0.1) is 0 Å². The van der Waals surface area contributed by atoms with E-state index in [4.69, 9.17) is 4.74 Å². The zero-order valence-electron chi connectivity index (χ0n) is 16.9. The molecule has 1 aromatic rings. The fourth-order valence-corrected chi connectivity index (χ4v) is 4.57. The first-order valence-electron chi connectivity index (χ1n) is 10.3. The number of carbonyl (C=O) groups excluding carboxylic acids is 2. The molecule has 1 N–H and O–H groups in total. The first-order valence-corrected chi connectivity index (χ1v) is 10.3. The molecule has 3 aliphatic heterocycles. The van der Waals surface area contributed by atoms with E-state index in [0.717, 1.165) is 19.6 Å². The van der Waals surface area contributed by atoms with Crippen LogP contribution >= 0.6 is 0 Å². The minimum atomic E-state index is -0.430. The average Bonchev–Trinajstić information content (AvgIpc) is 3.41. The van der Waals surface area contributed by atoms with E-state index in [9.17, 15) is 9.59 Å². The van der Waals surface area contributed by atoms with Crippen LogP contribution in [0.3, 0.4) is 0 Å². The van der Waals surface area contributed by atoms with Crippen LogP contribution in [0.1, 0.15) is 29.8 Å². The normalized spacial score (nSPS) is 25.1. The smallest absolute Gasteiger partial charge is 0.410 e. The SMILES string of the molecule is CN(C)[C@H]1CCN(CCN2CC3(CCN(C(=O)c4ccc[nH]4)CC3)OC2=O)C1. The van der Waals surface area contributed by atoms with Crippen LogP contribution in [-0.2, 0) is 4.74 Å². The standard InChI is InChI=1S/C20H31N5O3/c1-22(2)16-5-9-23(14-16)12-13-25-15-20(28-19(25)27)6-10-24(11-7-20)18(26)17-4-3-8-21-17/h3-4,8,16,21H,5-7,9-15H2,1-2H3/t16-/m0/s1. The number of nitrogens with one attached hydrogen (secondary N) is 1. The van der Waals surface area contributed by atoms with Gasteiger partial charge in [-0.3, -0.25) is 9.69 Å². The number of likely N-dealkylation sites (tertiary alicyclic amines) is 2. The van der Waals surface area contributed by atoms with Crippen LogP contribution in [-0.4, -0.2) is 108 Å². The molecule has 0 aromatic carbocycles. The zero-order valence-corrected chi connectivity index (χ0v) is 16.9. The highest BCUT2D eigenvalue weighted by molar-refractivity contribution is 5.92. The largest absolute Gasteiger partial charge is 0.441 e. The summed E-state index contributed by atoms with van der Waals surface area (Å²) in [6.07, 6.45) is 4.15. The van der Waals surface area contributed by atoms with Gasteiger partial charge in [0.05, 0.1) is 6.54 Å². The molecule has 0 aliphatic carbocycles. The van der Waals surface area contributed by atoms with Crippen molar-refractivity contribution in [1.82, 2.24) is 24.6 Å². The van der Waals surface area contributed by atoms with Gasteiger partial charge in [0.15, 0.2) is 0 Å². The molecule has 3 aliphatic rings. The lowest BCUT2D eigenvalue weighted by molar-refractivity contribution is 0.00298. The number of aromatic nitrogens is 1. The summed E-state index contributed by atoms with van der Waals surface area (Å²) in [5, 5.41) is 0. The third-order valence-electron chi connectivity index (χ3n) is 6.50. The molecule has 28 heavy (non-hydrogen) atoms. The van der Waals surface area contributed by atoms with Gasteiger partial charge in [-0.25, -0.2) is 4.79 Å². The molecule has 1 spiro atoms. The Morgan fingerprint density at radius 1 is 1.29 bits per heavy atom. The molecule has 1 aromatic heterocycles. The highest BCUT2D eigenvalue weighted by atomic mass is 16.6. The third kappa shape index (κ3) is 3.89. The maximum atomic E-state index is 12.5. The molecular weight excluding hydrogens is 358 g/mol. The quantitative estimate of drug-likeness (QED) is 0.816. The lowest BCUT2D eigenvalue weighted by Crippen LogP contribution is -2.49. The fourth-order valence-electron chi connectivity index (χ4n) is 4.57. The Labute approximate surface area is 166 Å². The van der Waals surface area contributed by atoms with Gasteiger partial charge < -0.3 is 24.4 Å². The van der Waals surface area contributed by atoms with Gasteiger partial charge in [0, 0.05) is 57.8 Å². The summed E-state index contributed by atoms with van der Waals surface area (Å²) in [5.74, 6) is 0.0190. The van der Waals surface area contributed by atoms with Gasteiger partial charge in [-0.1, -0.05) is 0 Å². The molecule has 8 nitrogen and oxygen atoms in total. The van der Waals surface area contributed by atoms with Gasteiger partial charge in [0.25, 0.3) is 5.91 Å². The maximum Gasteiger partial charge on any atom is 0.410 e. The second-order valence-electron chi connectivity index (χ2n) is 8.56. The van der Waals surface area contributed by atoms with E-state index < -0.39 is 5.60 Å². The van der Waals surface area contributed by atoms with Gasteiger partial charge in [-0.05, 0) is 39.2 Å². The minimum Gasteiger partial charge on any atom is -0.441 e. The van der Waals surface area contributed by atoms with Gasteiger partial charge in [-0.15, -0.1) is 0 Å². The van der Waals surface area contributed by atoms with E-state index in [2.05, 4.69) is 28.9 Å². The molecule has 1 atom stereocenters. The Morgan fingerprint density at radius 2 is 2.07 bits per heavy atom. The summed E-state index contributed by atoms with van der Waals surface area (Å²) in [7, 11) is 4.26. The Morgan fingerprint density at radius 3 is 2.71 bits per heavy atom. The number of hydrogen-bond donors (Lipinski definition) is 1. The summed E-state index contributed by atoms with van der Waals surface area (Å²) in [6.45, 7) is 5.65. The number of carbonyl (C=O) groups is 2. The van der Waals surface area contributed by atoms with Crippen LogP contribution in [0.2, 0.25) is 0 Å². The Bertz CT molecular complexity index is 697. The van der Waals surface area contributed by atoms with Gasteiger partial charge in [0.1, 0.15) is 11.3 Å². The number of likely N-dealkylation sites (N-methyl/N-ethyl adjacent to an activating group) is 1. The summed E-state index contributed by atoms with van der Waals surface area (Å²) in [4.78, 5) is 36.3. The molecular formula is C20H31N5O3. The number of hydrogen-bond acceptors (Lipinski definition) is 5. The molecule has 154 valence electrons. The summed E-state index contributed by atoms with van der Waals surface area (Å²) in [5.41, 5.74) is 0.184. The molecule has 0 radical (unpaired) electrons. The molecule has 8 heteroatoms. The number of amides is 2. The second kappa shape index (κ2) is 7.75. The molecule has 0 bridgehead atoms. The van der Waals surface area contributed by atoms with Crippen molar-refractivity contribution in [3.05, 3.63) is 24.0 Å². The van der Waals surface area contributed by atoms with Crippen molar-refractivity contribution in [2.24, 2.45) is 0 Å². The maximum absolute atomic E-state index is 12.5. The van der Waals surface area contributed by atoms with Gasteiger partial charge in [0.2, 0.25) is 0 Å². The van der Waals surface area contributed by atoms with Crippen LogP contribution in [0.25, 0.3) is 0 Å². The predicted octanol–water partition coefficient (Wildman–Crippen LogP) is 1.08. The second-order valence-corrected chi connectivity index (χ2v) is 8.56. The molecule has 4 heterocycles. The predicted molar refractivity (Wildman–Crippen MR) is 105 cm³/mol. The third-order valence-corrected chi connectivity index (χ3v) is 6.50. The van der Waals surface area contributed by atoms with E-state index in [-0.39, 0.29) is 12.0 Å². The number of H-pyrrole nitrogens is 1. The van der Waals surface area contributed by atoms with E-state index in [1.54, 1.807) is 12.3 Å². The highest BCUT2D eigenvalue weighted by Gasteiger charge is 2.47.